The first kappa shape index (κ1) is 12.8. The molecule has 1 aromatic carbocycles. The lowest BCUT2D eigenvalue weighted by Crippen LogP contribution is -1.93. The van der Waals surface area contributed by atoms with Crippen molar-refractivity contribution >= 4 is 23.2 Å². The van der Waals surface area contributed by atoms with Crippen molar-refractivity contribution in [3.8, 4) is 10.4 Å². The number of hydrogen-bond donors (Lipinski definition) is 0. The maximum atomic E-state index is 10.7. The van der Waals surface area contributed by atoms with Gasteiger partial charge in [-0.05, 0) is 48.4 Å². The van der Waals surface area contributed by atoms with E-state index in [0.29, 0.717) is 0 Å². The third kappa shape index (κ3) is 2.20. The highest BCUT2D eigenvalue weighted by molar-refractivity contribution is 7.16. The van der Waals surface area contributed by atoms with Crippen LogP contribution in [0.1, 0.15) is 28.6 Å². The largest absolute Gasteiger partial charge is 0.298 e. The SMILES string of the molecule is CC1=CC=C(c2ccc(-c3ccc(C=O)cc3)s2)C2CC12. The molecule has 1 aromatic heterocycles. The van der Waals surface area contributed by atoms with Gasteiger partial charge in [0.25, 0.3) is 0 Å². The zero-order chi connectivity index (χ0) is 14.4. The third-order valence-electron chi connectivity index (χ3n) is 4.52. The van der Waals surface area contributed by atoms with Crippen LogP contribution < -0.4 is 0 Å². The van der Waals surface area contributed by atoms with E-state index in [1.807, 2.05) is 35.6 Å². The van der Waals surface area contributed by atoms with E-state index in [1.165, 1.54) is 32.9 Å². The van der Waals surface area contributed by atoms with Crippen LogP contribution in [0.2, 0.25) is 0 Å². The molecule has 0 saturated heterocycles. The molecule has 2 unspecified atom stereocenters. The minimum absolute atomic E-state index is 0.729. The summed E-state index contributed by atoms with van der Waals surface area (Å²) >= 11 is 1.85. The summed E-state index contributed by atoms with van der Waals surface area (Å²) in [5.41, 5.74) is 4.95. The average Bonchev–Trinajstić information content (AvgIpc) is 3.19. The first-order valence-electron chi connectivity index (χ1n) is 7.30. The quantitative estimate of drug-likeness (QED) is 0.710. The summed E-state index contributed by atoms with van der Waals surface area (Å²) in [4.78, 5) is 13.4. The molecule has 1 nitrogen and oxygen atoms in total. The number of carbonyl (C=O) groups excluding carboxylic acids is 1. The number of aldehydes is 1. The van der Waals surface area contributed by atoms with Gasteiger partial charge in [-0.1, -0.05) is 42.0 Å². The predicted octanol–water partition coefficient (Wildman–Crippen LogP) is 5.21. The zero-order valence-electron chi connectivity index (χ0n) is 11.9. The molecule has 1 saturated carbocycles. The predicted molar refractivity (Wildman–Crippen MR) is 88.5 cm³/mol. The first-order chi connectivity index (χ1) is 10.3. The van der Waals surface area contributed by atoms with Crippen molar-refractivity contribution in [2.45, 2.75) is 13.3 Å². The number of fused-ring (bicyclic) bond motifs is 1. The summed E-state index contributed by atoms with van der Waals surface area (Å²) in [6.45, 7) is 2.24. The highest BCUT2D eigenvalue weighted by atomic mass is 32.1. The summed E-state index contributed by atoms with van der Waals surface area (Å²) in [5.74, 6) is 1.54. The summed E-state index contributed by atoms with van der Waals surface area (Å²) in [7, 11) is 0. The van der Waals surface area contributed by atoms with E-state index in [-0.39, 0.29) is 0 Å². The molecule has 0 aliphatic heterocycles. The molecule has 0 amide bonds. The molecule has 0 radical (unpaired) electrons. The van der Waals surface area contributed by atoms with Crippen molar-refractivity contribution in [1.29, 1.82) is 0 Å². The molecule has 0 bridgehead atoms. The lowest BCUT2D eigenvalue weighted by molar-refractivity contribution is 0.112. The van der Waals surface area contributed by atoms with Crippen LogP contribution >= 0.6 is 11.3 Å². The fourth-order valence-corrected chi connectivity index (χ4v) is 4.25. The van der Waals surface area contributed by atoms with Crippen LogP contribution in [0.5, 0.6) is 0 Å². The van der Waals surface area contributed by atoms with Gasteiger partial charge in [-0.25, -0.2) is 0 Å². The Morgan fingerprint density at radius 1 is 1.00 bits per heavy atom. The van der Waals surface area contributed by atoms with Gasteiger partial charge >= 0.3 is 0 Å². The van der Waals surface area contributed by atoms with Gasteiger partial charge in [0.15, 0.2) is 0 Å². The monoisotopic (exact) mass is 292 g/mol. The number of allylic oxidation sites excluding steroid dienone is 4. The van der Waals surface area contributed by atoms with Crippen molar-refractivity contribution < 1.29 is 4.79 Å². The highest BCUT2D eigenvalue weighted by Crippen LogP contribution is 2.55. The summed E-state index contributed by atoms with van der Waals surface area (Å²) in [5, 5.41) is 0. The molecule has 0 spiro atoms. The lowest BCUT2D eigenvalue weighted by atomic mass is 9.98. The van der Waals surface area contributed by atoms with Gasteiger partial charge < -0.3 is 0 Å². The normalized spacial score (nSPS) is 23.1. The second-order valence-corrected chi connectivity index (χ2v) is 6.97. The Morgan fingerprint density at radius 2 is 1.76 bits per heavy atom. The van der Waals surface area contributed by atoms with Crippen LogP contribution in [0.25, 0.3) is 16.0 Å². The van der Waals surface area contributed by atoms with E-state index in [4.69, 9.17) is 0 Å². The second-order valence-electron chi connectivity index (χ2n) is 5.89. The lowest BCUT2D eigenvalue weighted by Gasteiger charge is -2.09. The Morgan fingerprint density at radius 3 is 2.52 bits per heavy atom. The topological polar surface area (TPSA) is 17.1 Å². The third-order valence-corrected chi connectivity index (χ3v) is 5.71. The van der Waals surface area contributed by atoms with Crippen LogP contribution in [0.15, 0.2) is 54.1 Å². The molecule has 2 atom stereocenters. The number of thiophene rings is 1. The summed E-state index contributed by atoms with van der Waals surface area (Å²) < 4.78 is 0. The molecule has 1 heterocycles. The van der Waals surface area contributed by atoms with Crippen LogP contribution in [0.3, 0.4) is 0 Å². The summed E-state index contributed by atoms with van der Waals surface area (Å²) in [6.07, 6.45) is 6.78. The fourth-order valence-electron chi connectivity index (χ4n) is 3.15. The van der Waals surface area contributed by atoms with Gasteiger partial charge in [-0.15, -0.1) is 11.3 Å². The Kier molecular flexibility index (Phi) is 2.93. The molecule has 2 aliphatic carbocycles. The second kappa shape index (κ2) is 4.81. The van der Waals surface area contributed by atoms with Crippen molar-refractivity contribution in [3.63, 3.8) is 0 Å². The highest BCUT2D eigenvalue weighted by Gasteiger charge is 2.42. The average molecular weight is 292 g/mol. The standard InChI is InChI=1S/C19H16OS/c1-12-2-7-15(17-10-16(12)17)19-9-8-18(21-19)14-5-3-13(11-20)4-6-14/h2-9,11,16-17H,10H2,1H3. The fraction of sp³-hybridized carbons (Fsp3) is 0.211. The molecule has 0 N–H and O–H groups in total. The molecule has 2 aromatic rings. The molecular formula is C19H16OS. The maximum absolute atomic E-state index is 10.7. The van der Waals surface area contributed by atoms with E-state index in [2.05, 4.69) is 31.2 Å². The van der Waals surface area contributed by atoms with Crippen molar-refractivity contribution in [2.75, 3.05) is 0 Å². The smallest absolute Gasteiger partial charge is 0.150 e. The number of hydrogen-bond acceptors (Lipinski definition) is 2. The minimum Gasteiger partial charge on any atom is -0.298 e. The number of carbonyl (C=O) groups is 1. The number of rotatable bonds is 3. The van der Waals surface area contributed by atoms with E-state index in [0.717, 1.165) is 23.7 Å². The van der Waals surface area contributed by atoms with Crippen molar-refractivity contribution in [2.24, 2.45) is 11.8 Å². The van der Waals surface area contributed by atoms with Gasteiger partial charge in [0, 0.05) is 15.3 Å². The van der Waals surface area contributed by atoms with Crippen molar-refractivity contribution in [3.05, 3.63) is 64.6 Å². The van der Waals surface area contributed by atoms with E-state index in [1.54, 1.807) is 0 Å². The Hall–Kier alpha value is -1.93. The van der Waals surface area contributed by atoms with E-state index >= 15 is 0 Å². The van der Waals surface area contributed by atoms with Gasteiger partial charge in [-0.2, -0.15) is 0 Å². The van der Waals surface area contributed by atoms with Gasteiger partial charge in [0.1, 0.15) is 6.29 Å². The molecular weight excluding hydrogens is 276 g/mol. The molecule has 1 fully saturated rings. The molecule has 104 valence electrons. The minimum atomic E-state index is 0.729. The van der Waals surface area contributed by atoms with Gasteiger partial charge in [0.05, 0.1) is 0 Å². The Bertz CT molecular complexity index is 761. The van der Waals surface area contributed by atoms with Crippen LogP contribution in [-0.4, -0.2) is 6.29 Å². The summed E-state index contributed by atoms with van der Waals surface area (Å²) in [6, 6.07) is 12.2. The Balaban J connectivity index is 1.65. The Labute approximate surface area is 128 Å². The van der Waals surface area contributed by atoms with E-state index in [9.17, 15) is 4.79 Å². The van der Waals surface area contributed by atoms with Crippen LogP contribution in [-0.2, 0) is 0 Å². The van der Waals surface area contributed by atoms with E-state index < -0.39 is 0 Å². The zero-order valence-corrected chi connectivity index (χ0v) is 12.7. The molecule has 2 heteroatoms. The number of benzene rings is 1. The maximum Gasteiger partial charge on any atom is 0.150 e. The molecule has 4 rings (SSSR count). The molecule has 21 heavy (non-hydrogen) atoms. The molecule has 2 aliphatic rings. The van der Waals surface area contributed by atoms with Crippen molar-refractivity contribution in [1.82, 2.24) is 0 Å². The van der Waals surface area contributed by atoms with Gasteiger partial charge in [0.2, 0.25) is 0 Å². The van der Waals surface area contributed by atoms with Crippen LogP contribution in [0, 0.1) is 11.8 Å². The van der Waals surface area contributed by atoms with Gasteiger partial charge in [-0.3, -0.25) is 4.79 Å². The first-order valence-corrected chi connectivity index (χ1v) is 8.12. The van der Waals surface area contributed by atoms with Crippen LogP contribution in [0.4, 0.5) is 0 Å².